The summed E-state index contributed by atoms with van der Waals surface area (Å²) in [4.78, 5) is 0. The first kappa shape index (κ1) is 10.8. The lowest BCUT2D eigenvalue weighted by Gasteiger charge is -2.16. The second-order valence-corrected chi connectivity index (χ2v) is 3.62. The highest BCUT2D eigenvalue weighted by Crippen LogP contribution is 2.31. The van der Waals surface area contributed by atoms with Crippen molar-refractivity contribution in [2.24, 2.45) is 0 Å². The summed E-state index contributed by atoms with van der Waals surface area (Å²) in [5.41, 5.74) is 2.59. The number of hydrogen-bond donors (Lipinski definition) is 0. The molecule has 1 aromatic rings. The third-order valence-electron chi connectivity index (χ3n) is 2.52. The van der Waals surface area contributed by atoms with Crippen LogP contribution in [0.1, 0.15) is 30.4 Å². The van der Waals surface area contributed by atoms with Crippen LogP contribution in [-0.2, 0) is 0 Å². The average Bonchev–Trinajstić information content (AvgIpc) is 2.17. The van der Waals surface area contributed by atoms with Crippen LogP contribution >= 0.6 is 0 Å². The van der Waals surface area contributed by atoms with Crippen molar-refractivity contribution >= 4 is 0 Å². The lowest BCUT2D eigenvalue weighted by atomic mass is 9.93. The topological polar surface area (TPSA) is 9.23 Å². The molecule has 0 N–H and O–H groups in total. The Morgan fingerprint density at radius 1 is 1.50 bits per heavy atom. The van der Waals surface area contributed by atoms with Gasteiger partial charge in [0.05, 0.1) is 7.11 Å². The molecular formula is C13H18O. The SMILES string of the molecule is C=CCC(C)c1c(C)cccc1OC. The van der Waals surface area contributed by atoms with E-state index in [1.54, 1.807) is 7.11 Å². The second kappa shape index (κ2) is 4.85. The van der Waals surface area contributed by atoms with Gasteiger partial charge in [-0.3, -0.25) is 0 Å². The van der Waals surface area contributed by atoms with Gasteiger partial charge in [-0.25, -0.2) is 0 Å². The van der Waals surface area contributed by atoms with Gasteiger partial charge in [-0.05, 0) is 30.9 Å². The van der Waals surface area contributed by atoms with Crippen molar-refractivity contribution in [1.82, 2.24) is 0 Å². The van der Waals surface area contributed by atoms with Crippen LogP contribution in [0.15, 0.2) is 30.9 Å². The van der Waals surface area contributed by atoms with Gasteiger partial charge in [0.25, 0.3) is 0 Å². The predicted molar refractivity (Wildman–Crippen MR) is 61.0 cm³/mol. The van der Waals surface area contributed by atoms with Crippen LogP contribution in [0.25, 0.3) is 0 Å². The Bertz CT molecular complexity index is 315. The largest absolute Gasteiger partial charge is 0.496 e. The number of ether oxygens (including phenoxy) is 1. The Labute approximate surface area is 86.4 Å². The Morgan fingerprint density at radius 2 is 2.21 bits per heavy atom. The summed E-state index contributed by atoms with van der Waals surface area (Å²) >= 11 is 0. The van der Waals surface area contributed by atoms with Crippen molar-refractivity contribution in [3.63, 3.8) is 0 Å². The Kier molecular flexibility index (Phi) is 3.75. The maximum absolute atomic E-state index is 5.36. The quantitative estimate of drug-likeness (QED) is 0.658. The summed E-state index contributed by atoms with van der Waals surface area (Å²) in [7, 11) is 1.72. The average molecular weight is 190 g/mol. The van der Waals surface area contributed by atoms with E-state index in [0.717, 1.165) is 12.2 Å². The van der Waals surface area contributed by atoms with E-state index in [4.69, 9.17) is 4.74 Å². The highest BCUT2D eigenvalue weighted by molar-refractivity contribution is 5.42. The normalized spacial score (nSPS) is 12.2. The van der Waals surface area contributed by atoms with Crippen LogP contribution < -0.4 is 4.74 Å². The summed E-state index contributed by atoms with van der Waals surface area (Å²) in [6, 6.07) is 6.16. The molecule has 1 atom stereocenters. The van der Waals surface area contributed by atoms with E-state index in [-0.39, 0.29) is 0 Å². The number of hydrogen-bond acceptors (Lipinski definition) is 1. The van der Waals surface area contributed by atoms with Crippen molar-refractivity contribution in [3.8, 4) is 5.75 Å². The summed E-state index contributed by atoms with van der Waals surface area (Å²) in [5, 5.41) is 0. The molecule has 0 aromatic heterocycles. The maximum atomic E-state index is 5.36. The van der Waals surface area contributed by atoms with Gasteiger partial charge in [0.1, 0.15) is 5.75 Å². The molecule has 76 valence electrons. The molecule has 0 radical (unpaired) electrons. The zero-order valence-electron chi connectivity index (χ0n) is 9.21. The van der Waals surface area contributed by atoms with E-state index in [2.05, 4.69) is 26.5 Å². The smallest absolute Gasteiger partial charge is 0.122 e. The molecule has 0 heterocycles. The third kappa shape index (κ3) is 2.16. The predicted octanol–water partition coefficient (Wildman–Crippen LogP) is 3.68. The minimum absolute atomic E-state index is 0.476. The molecule has 0 saturated carbocycles. The number of benzene rings is 1. The van der Waals surface area contributed by atoms with Crippen molar-refractivity contribution in [1.29, 1.82) is 0 Å². The molecule has 1 nitrogen and oxygen atoms in total. The first-order valence-corrected chi connectivity index (χ1v) is 4.95. The fourth-order valence-electron chi connectivity index (χ4n) is 1.83. The highest BCUT2D eigenvalue weighted by Gasteiger charge is 2.12. The third-order valence-corrected chi connectivity index (χ3v) is 2.52. The molecule has 1 aromatic carbocycles. The monoisotopic (exact) mass is 190 g/mol. The molecule has 0 spiro atoms. The van der Waals surface area contributed by atoms with E-state index in [1.165, 1.54) is 11.1 Å². The van der Waals surface area contributed by atoms with E-state index in [0.29, 0.717) is 5.92 Å². The Balaban J connectivity index is 3.09. The zero-order valence-corrected chi connectivity index (χ0v) is 9.21. The summed E-state index contributed by atoms with van der Waals surface area (Å²) in [5.74, 6) is 1.46. The molecule has 1 rings (SSSR count). The molecule has 0 aliphatic heterocycles. The lowest BCUT2D eigenvalue weighted by Crippen LogP contribution is -1.99. The van der Waals surface area contributed by atoms with Crippen LogP contribution in [0.4, 0.5) is 0 Å². The minimum atomic E-state index is 0.476. The standard InChI is InChI=1S/C13H18O/c1-5-7-10(2)13-11(3)8-6-9-12(13)14-4/h5-6,8-10H,1,7H2,2-4H3. The molecule has 1 heteroatoms. The van der Waals surface area contributed by atoms with Crippen molar-refractivity contribution in [2.45, 2.75) is 26.2 Å². The molecule has 0 saturated heterocycles. The molecule has 0 fully saturated rings. The first-order chi connectivity index (χ1) is 6.70. The van der Waals surface area contributed by atoms with Crippen LogP contribution in [0.2, 0.25) is 0 Å². The molecule has 0 bridgehead atoms. The maximum Gasteiger partial charge on any atom is 0.122 e. The van der Waals surface area contributed by atoms with Gasteiger partial charge in [0.15, 0.2) is 0 Å². The number of rotatable bonds is 4. The fourth-order valence-corrected chi connectivity index (χ4v) is 1.83. The van der Waals surface area contributed by atoms with Gasteiger partial charge >= 0.3 is 0 Å². The zero-order chi connectivity index (χ0) is 10.6. The Morgan fingerprint density at radius 3 is 2.79 bits per heavy atom. The first-order valence-electron chi connectivity index (χ1n) is 4.95. The van der Waals surface area contributed by atoms with Crippen molar-refractivity contribution < 1.29 is 4.74 Å². The Hall–Kier alpha value is -1.24. The molecule has 14 heavy (non-hydrogen) atoms. The minimum Gasteiger partial charge on any atom is -0.496 e. The van der Waals surface area contributed by atoms with Crippen molar-refractivity contribution in [2.75, 3.05) is 7.11 Å². The van der Waals surface area contributed by atoms with Gasteiger partial charge in [-0.1, -0.05) is 25.1 Å². The molecular weight excluding hydrogens is 172 g/mol. The molecule has 0 amide bonds. The fraction of sp³-hybridized carbons (Fsp3) is 0.385. The number of aryl methyl sites for hydroxylation is 1. The molecule has 0 aliphatic carbocycles. The van der Waals surface area contributed by atoms with Crippen molar-refractivity contribution in [3.05, 3.63) is 42.0 Å². The van der Waals surface area contributed by atoms with Crippen LogP contribution in [0, 0.1) is 6.92 Å². The van der Waals surface area contributed by atoms with E-state index in [1.807, 2.05) is 18.2 Å². The van der Waals surface area contributed by atoms with Gasteiger partial charge in [0.2, 0.25) is 0 Å². The van der Waals surface area contributed by atoms with Gasteiger partial charge < -0.3 is 4.74 Å². The summed E-state index contributed by atoms with van der Waals surface area (Å²) < 4.78 is 5.36. The summed E-state index contributed by atoms with van der Waals surface area (Å²) in [6.07, 6.45) is 2.94. The number of methoxy groups -OCH3 is 1. The highest BCUT2D eigenvalue weighted by atomic mass is 16.5. The van der Waals surface area contributed by atoms with Gasteiger partial charge in [-0.2, -0.15) is 0 Å². The van der Waals surface area contributed by atoms with Crippen LogP contribution in [-0.4, -0.2) is 7.11 Å². The summed E-state index contributed by atoms with van der Waals surface area (Å²) in [6.45, 7) is 8.09. The van der Waals surface area contributed by atoms with Crippen LogP contribution in [0.3, 0.4) is 0 Å². The molecule has 0 aliphatic rings. The lowest BCUT2D eigenvalue weighted by molar-refractivity contribution is 0.406. The van der Waals surface area contributed by atoms with Gasteiger partial charge in [-0.15, -0.1) is 6.58 Å². The van der Waals surface area contributed by atoms with Gasteiger partial charge in [0, 0.05) is 5.56 Å². The van der Waals surface area contributed by atoms with E-state index in [9.17, 15) is 0 Å². The molecule has 1 unspecified atom stereocenters. The van der Waals surface area contributed by atoms with E-state index < -0.39 is 0 Å². The van der Waals surface area contributed by atoms with Crippen LogP contribution in [0.5, 0.6) is 5.75 Å². The second-order valence-electron chi connectivity index (χ2n) is 3.62. The van der Waals surface area contributed by atoms with E-state index >= 15 is 0 Å². The number of allylic oxidation sites excluding steroid dienone is 1.